The fraction of sp³-hybridized carbons (Fsp3) is 0.667. The van der Waals surface area contributed by atoms with Crippen LogP contribution in [0.3, 0.4) is 0 Å². The zero-order chi connectivity index (χ0) is 12.3. The van der Waals surface area contributed by atoms with Gasteiger partial charge in [-0.3, -0.25) is 4.79 Å². The molecule has 2 heterocycles. The first-order chi connectivity index (χ1) is 8.22. The number of nitrogens with zero attached hydrogens (tertiary/aromatic N) is 3. The average molecular weight is 236 g/mol. The minimum atomic E-state index is 0.0896. The van der Waals surface area contributed by atoms with E-state index in [1.807, 2.05) is 11.9 Å². The van der Waals surface area contributed by atoms with Crippen LogP contribution in [0.2, 0.25) is 0 Å². The van der Waals surface area contributed by atoms with Crippen molar-refractivity contribution in [3.8, 4) is 0 Å². The van der Waals surface area contributed by atoms with Crippen LogP contribution >= 0.6 is 0 Å². The Labute approximate surface area is 102 Å². The number of hydrogen-bond acceptors (Lipinski definition) is 3. The van der Waals surface area contributed by atoms with Gasteiger partial charge in [0, 0.05) is 20.1 Å². The molecule has 1 saturated heterocycles. The highest BCUT2D eigenvalue weighted by molar-refractivity contribution is 5.92. The molecule has 1 aromatic rings. The van der Waals surface area contributed by atoms with Crippen molar-refractivity contribution in [2.75, 3.05) is 19.6 Å². The number of piperidine rings is 1. The number of carbonyl (C=O) groups excluding carboxylic acids is 1. The Bertz CT molecular complexity index is 386. The van der Waals surface area contributed by atoms with E-state index in [1.54, 1.807) is 17.1 Å². The molecule has 1 aliphatic rings. The Kier molecular flexibility index (Phi) is 3.78. The van der Waals surface area contributed by atoms with Gasteiger partial charge in [-0.1, -0.05) is 0 Å². The quantitative estimate of drug-likeness (QED) is 0.836. The average Bonchev–Trinajstić information content (AvgIpc) is 2.75. The summed E-state index contributed by atoms with van der Waals surface area (Å²) in [5.74, 6) is 0.651. The Balaban J connectivity index is 2.02. The van der Waals surface area contributed by atoms with Crippen molar-refractivity contribution in [3.63, 3.8) is 0 Å². The van der Waals surface area contributed by atoms with E-state index in [4.69, 9.17) is 5.73 Å². The van der Waals surface area contributed by atoms with Crippen LogP contribution in [-0.2, 0) is 7.05 Å². The SMILES string of the molecule is Cn1cncc1C(=O)N1CCCC(CCN)C1. The van der Waals surface area contributed by atoms with Crippen LogP contribution in [0.15, 0.2) is 12.5 Å². The summed E-state index contributed by atoms with van der Waals surface area (Å²) < 4.78 is 1.77. The third kappa shape index (κ3) is 2.66. The highest BCUT2D eigenvalue weighted by atomic mass is 16.2. The van der Waals surface area contributed by atoms with Crippen molar-refractivity contribution in [3.05, 3.63) is 18.2 Å². The van der Waals surface area contributed by atoms with Crippen LogP contribution in [0, 0.1) is 5.92 Å². The molecule has 0 bridgehead atoms. The molecule has 2 N–H and O–H groups in total. The molecular weight excluding hydrogens is 216 g/mol. The summed E-state index contributed by atoms with van der Waals surface area (Å²) in [7, 11) is 1.85. The Hall–Kier alpha value is -1.36. The molecule has 1 fully saturated rings. The van der Waals surface area contributed by atoms with Gasteiger partial charge >= 0.3 is 0 Å². The van der Waals surface area contributed by atoms with Crippen LogP contribution in [0.5, 0.6) is 0 Å². The van der Waals surface area contributed by atoms with Crippen molar-refractivity contribution >= 4 is 5.91 Å². The van der Waals surface area contributed by atoms with E-state index in [9.17, 15) is 4.79 Å². The number of rotatable bonds is 3. The van der Waals surface area contributed by atoms with Crippen LogP contribution in [-0.4, -0.2) is 40.0 Å². The topological polar surface area (TPSA) is 64.2 Å². The molecule has 1 unspecified atom stereocenters. The van der Waals surface area contributed by atoms with Crippen LogP contribution in [0.25, 0.3) is 0 Å². The number of aromatic nitrogens is 2. The zero-order valence-electron chi connectivity index (χ0n) is 10.3. The third-order valence-corrected chi connectivity index (χ3v) is 3.42. The van der Waals surface area contributed by atoms with E-state index >= 15 is 0 Å². The number of carbonyl (C=O) groups is 1. The largest absolute Gasteiger partial charge is 0.337 e. The predicted octanol–water partition coefficient (Wildman–Crippen LogP) is 0.621. The maximum absolute atomic E-state index is 12.3. The highest BCUT2D eigenvalue weighted by Crippen LogP contribution is 2.20. The lowest BCUT2D eigenvalue weighted by Gasteiger charge is -2.32. The van der Waals surface area contributed by atoms with E-state index < -0.39 is 0 Å². The van der Waals surface area contributed by atoms with Crippen molar-refractivity contribution in [2.45, 2.75) is 19.3 Å². The molecule has 0 aromatic carbocycles. The maximum Gasteiger partial charge on any atom is 0.272 e. The van der Waals surface area contributed by atoms with Gasteiger partial charge in [-0.2, -0.15) is 0 Å². The van der Waals surface area contributed by atoms with Crippen molar-refractivity contribution in [1.29, 1.82) is 0 Å². The summed E-state index contributed by atoms with van der Waals surface area (Å²) >= 11 is 0. The fourth-order valence-electron chi connectivity index (χ4n) is 2.45. The molecule has 1 aliphatic heterocycles. The lowest BCUT2D eigenvalue weighted by molar-refractivity contribution is 0.0660. The van der Waals surface area contributed by atoms with Gasteiger partial charge < -0.3 is 15.2 Å². The lowest BCUT2D eigenvalue weighted by Crippen LogP contribution is -2.41. The van der Waals surface area contributed by atoms with E-state index in [0.717, 1.165) is 25.9 Å². The van der Waals surface area contributed by atoms with Gasteiger partial charge in [0.1, 0.15) is 5.69 Å². The van der Waals surface area contributed by atoms with Crippen LogP contribution in [0.1, 0.15) is 29.8 Å². The number of amides is 1. The Morgan fingerprint density at radius 3 is 3.12 bits per heavy atom. The minimum absolute atomic E-state index is 0.0896. The van der Waals surface area contributed by atoms with Gasteiger partial charge in [0.2, 0.25) is 0 Å². The molecular formula is C12H20N4O. The van der Waals surface area contributed by atoms with Crippen LogP contribution in [0.4, 0.5) is 0 Å². The summed E-state index contributed by atoms with van der Waals surface area (Å²) in [6.45, 7) is 2.39. The normalized spacial score (nSPS) is 20.6. The molecule has 94 valence electrons. The van der Waals surface area contributed by atoms with E-state index in [1.165, 1.54) is 6.42 Å². The van der Waals surface area contributed by atoms with Crippen molar-refractivity contribution in [1.82, 2.24) is 14.5 Å². The summed E-state index contributed by atoms with van der Waals surface area (Å²) in [5.41, 5.74) is 6.25. The molecule has 0 radical (unpaired) electrons. The molecule has 1 amide bonds. The molecule has 5 nitrogen and oxygen atoms in total. The second-order valence-electron chi connectivity index (χ2n) is 4.73. The van der Waals surface area contributed by atoms with Gasteiger partial charge in [-0.15, -0.1) is 0 Å². The molecule has 5 heteroatoms. The fourth-order valence-corrected chi connectivity index (χ4v) is 2.45. The number of aryl methyl sites for hydroxylation is 1. The molecule has 0 saturated carbocycles. The number of imidazole rings is 1. The first-order valence-corrected chi connectivity index (χ1v) is 6.18. The summed E-state index contributed by atoms with van der Waals surface area (Å²) in [4.78, 5) is 18.2. The van der Waals surface area contributed by atoms with Crippen molar-refractivity contribution in [2.24, 2.45) is 18.7 Å². The van der Waals surface area contributed by atoms with E-state index in [-0.39, 0.29) is 5.91 Å². The summed E-state index contributed by atoms with van der Waals surface area (Å²) in [6.07, 6.45) is 6.57. The van der Waals surface area contributed by atoms with Crippen molar-refractivity contribution < 1.29 is 4.79 Å². The van der Waals surface area contributed by atoms with E-state index in [2.05, 4.69) is 4.98 Å². The smallest absolute Gasteiger partial charge is 0.272 e. The standard InChI is InChI=1S/C12H20N4O/c1-15-9-14-7-11(15)12(17)16-6-2-3-10(8-16)4-5-13/h7,9-10H,2-6,8,13H2,1H3. The van der Waals surface area contributed by atoms with Gasteiger partial charge in [0.25, 0.3) is 5.91 Å². The van der Waals surface area contributed by atoms with E-state index in [0.29, 0.717) is 18.2 Å². The zero-order valence-corrected chi connectivity index (χ0v) is 10.3. The summed E-state index contributed by atoms with van der Waals surface area (Å²) in [6, 6.07) is 0. The molecule has 1 atom stereocenters. The first-order valence-electron chi connectivity index (χ1n) is 6.18. The molecule has 1 aromatic heterocycles. The number of nitrogens with two attached hydrogens (primary N) is 1. The minimum Gasteiger partial charge on any atom is -0.337 e. The Morgan fingerprint density at radius 2 is 2.47 bits per heavy atom. The third-order valence-electron chi connectivity index (χ3n) is 3.42. The maximum atomic E-state index is 12.3. The molecule has 2 rings (SSSR count). The first kappa shape index (κ1) is 12.1. The Morgan fingerprint density at radius 1 is 1.65 bits per heavy atom. The van der Waals surface area contributed by atoms with Gasteiger partial charge in [0.15, 0.2) is 0 Å². The number of hydrogen-bond donors (Lipinski definition) is 1. The predicted molar refractivity (Wildman–Crippen MR) is 65.5 cm³/mol. The molecule has 0 aliphatic carbocycles. The molecule has 17 heavy (non-hydrogen) atoms. The van der Waals surface area contributed by atoms with Gasteiger partial charge in [0.05, 0.1) is 12.5 Å². The van der Waals surface area contributed by atoms with Gasteiger partial charge in [-0.25, -0.2) is 4.98 Å². The molecule has 0 spiro atoms. The second kappa shape index (κ2) is 5.31. The number of likely N-dealkylation sites (tertiary alicyclic amines) is 1. The summed E-state index contributed by atoms with van der Waals surface area (Å²) in [5, 5.41) is 0. The monoisotopic (exact) mass is 236 g/mol. The van der Waals surface area contributed by atoms with Crippen LogP contribution < -0.4 is 5.73 Å². The highest BCUT2D eigenvalue weighted by Gasteiger charge is 2.25. The second-order valence-corrected chi connectivity index (χ2v) is 4.73. The van der Waals surface area contributed by atoms with Gasteiger partial charge in [-0.05, 0) is 31.7 Å². The lowest BCUT2D eigenvalue weighted by atomic mass is 9.95.